The van der Waals surface area contributed by atoms with E-state index in [9.17, 15) is 9.18 Å². The fourth-order valence-electron chi connectivity index (χ4n) is 2.41. The number of pyridine rings is 1. The monoisotopic (exact) mass is 299 g/mol. The van der Waals surface area contributed by atoms with Gasteiger partial charge in [-0.25, -0.2) is 4.39 Å². The van der Waals surface area contributed by atoms with Gasteiger partial charge in [-0.2, -0.15) is 0 Å². The normalized spacial score (nSPS) is 10.7. The summed E-state index contributed by atoms with van der Waals surface area (Å²) in [4.78, 5) is 15.8. The van der Waals surface area contributed by atoms with Crippen LogP contribution in [0.4, 0.5) is 4.39 Å². The van der Waals surface area contributed by atoms with Crippen molar-refractivity contribution in [3.8, 4) is 22.6 Å². The SMILES string of the molecule is COc1cc(OC)c2c(=O)c(-c3ccc(F)cc3)c[nH]c2c1. The molecule has 0 aliphatic heterocycles. The van der Waals surface area contributed by atoms with E-state index in [4.69, 9.17) is 9.47 Å². The van der Waals surface area contributed by atoms with Gasteiger partial charge in [0.1, 0.15) is 17.3 Å². The minimum Gasteiger partial charge on any atom is -0.497 e. The number of H-pyrrole nitrogens is 1. The van der Waals surface area contributed by atoms with E-state index >= 15 is 0 Å². The van der Waals surface area contributed by atoms with Crippen molar-refractivity contribution in [2.75, 3.05) is 14.2 Å². The van der Waals surface area contributed by atoms with Crippen molar-refractivity contribution in [1.29, 1.82) is 0 Å². The Kier molecular flexibility index (Phi) is 3.55. The molecule has 0 spiro atoms. The number of aromatic amines is 1. The molecule has 3 aromatic rings. The standard InChI is InChI=1S/C17H14FNO3/c1-21-12-7-14-16(15(8-12)22-2)17(20)13(9-19-14)10-3-5-11(18)6-4-10/h3-9H,1-2H3,(H,19,20). The van der Waals surface area contributed by atoms with Gasteiger partial charge in [0.25, 0.3) is 0 Å². The average molecular weight is 299 g/mol. The lowest BCUT2D eigenvalue weighted by Crippen LogP contribution is -2.08. The zero-order chi connectivity index (χ0) is 15.7. The number of fused-ring (bicyclic) bond motifs is 1. The van der Waals surface area contributed by atoms with Crippen LogP contribution in [-0.4, -0.2) is 19.2 Å². The Hall–Kier alpha value is -2.82. The fraction of sp³-hybridized carbons (Fsp3) is 0.118. The van der Waals surface area contributed by atoms with Gasteiger partial charge in [0.2, 0.25) is 5.43 Å². The molecule has 0 bridgehead atoms. The molecule has 2 aromatic carbocycles. The van der Waals surface area contributed by atoms with Crippen LogP contribution in [0, 0.1) is 5.82 Å². The van der Waals surface area contributed by atoms with Crippen LogP contribution in [0.3, 0.4) is 0 Å². The first kappa shape index (κ1) is 14.1. The van der Waals surface area contributed by atoms with Gasteiger partial charge in [0.15, 0.2) is 0 Å². The lowest BCUT2D eigenvalue weighted by Gasteiger charge is -2.10. The van der Waals surface area contributed by atoms with Gasteiger partial charge in [-0.3, -0.25) is 4.79 Å². The van der Waals surface area contributed by atoms with Crippen LogP contribution >= 0.6 is 0 Å². The molecule has 1 N–H and O–H groups in total. The van der Waals surface area contributed by atoms with Gasteiger partial charge >= 0.3 is 0 Å². The molecule has 0 saturated carbocycles. The molecule has 0 unspecified atom stereocenters. The second-order valence-corrected chi connectivity index (χ2v) is 4.79. The second-order valence-electron chi connectivity index (χ2n) is 4.79. The summed E-state index contributed by atoms with van der Waals surface area (Å²) in [5, 5.41) is 0.435. The molecule has 0 aliphatic carbocycles. The highest BCUT2D eigenvalue weighted by atomic mass is 19.1. The summed E-state index contributed by atoms with van der Waals surface area (Å²) in [6.45, 7) is 0. The highest BCUT2D eigenvalue weighted by Crippen LogP contribution is 2.29. The average Bonchev–Trinajstić information content (AvgIpc) is 2.55. The third kappa shape index (κ3) is 2.30. The number of hydrogen-bond donors (Lipinski definition) is 1. The molecule has 22 heavy (non-hydrogen) atoms. The highest BCUT2D eigenvalue weighted by Gasteiger charge is 2.13. The van der Waals surface area contributed by atoms with E-state index in [2.05, 4.69) is 4.98 Å². The van der Waals surface area contributed by atoms with Gasteiger partial charge in [-0.05, 0) is 17.7 Å². The first-order valence-electron chi connectivity index (χ1n) is 6.67. The Balaban J connectivity index is 2.29. The maximum absolute atomic E-state index is 13.0. The van der Waals surface area contributed by atoms with Crippen LogP contribution in [0.1, 0.15) is 0 Å². The summed E-state index contributed by atoms with van der Waals surface area (Å²) in [7, 11) is 3.05. The van der Waals surface area contributed by atoms with Crippen molar-refractivity contribution in [3.05, 3.63) is 58.6 Å². The van der Waals surface area contributed by atoms with Crippen LogP contribution in [-0.2, 0) is 0 Å². The summed E-state index contributed by atoms with van der Waals surface area (Å²) in [5.74, 6) is 0.678. The molecule has 0 amide bonds. The quantitative estimate of drug-likeness (QED) is 0.807. The summed E-state index contributed by atoms with van der Waals surface area (Å²) >= 11 is 0. The third-order valence-corrected chi connectivity index (χ3v) is 3.53. The topological polar surface area (TPSA) is 51.3 Å². The molecule has 5 heteroatoms. The Morgan fingerprint density at radius 3 is 2.41 bits per heavy atom. The van der Waals surface area contributed by atoms with E-state index in [1.54, 1.807) is 37.6 Å². The lowest BCUT2D eigenvalue weighted by atomic mass is 10.0. The van der Waals surface area contributed by atoms with E-state index in [-0.39, 0.29) is 11.2 Å². The van der Waals surface area contributed by atoms with Crippen molar-refractivity contribution in [2.24, 2.45) is 0 Å². The number of nitrogens with one attached hydrogen (secondary N) is 1. The van der Waals surface area contributed by atoms with Crippen molar-refractivity contribution < 1.29 is 13.9 Å². The Morgan fingerprint density at radius 1 is 1.05 bits per heavy atom. The molecular formula is C17H14FNO3. The number of aromatic nitrogens is 1. The first-order valence-corrected chi connectivity index (χ1v) is 6.67. The molecule has 1 heterocycles. The van der Waals surface area contributed by atoms with Gasteiger partial charge in [-0.15, -0.1) is 0 Å². The Bertz CT molecular complexity index is 885. The number of ether oxygens (including phenoxy) is 2. The van der Waals surface area contributed by atoms with E-state index in [0.29, 0.717) is 33.5 Å². The fourth-order valence-corrected chi connectivity index (χ4v) is 2.41. The number of methoxy groups -OCH3 is 2. The third-order valence-electron chi connectivity index (χ3n) is 3.53. The maximum atomic E-state index is 13.0. The molecule has 112 valence electrons. The Morgan fingerprint density at radius 2 is 1.77 bits per heavy atom. The van der Waals surface area contributed by atoms with Gasteiger partial charge in [0.05, 0.1) is 25.1 Å². The van der Waals surface area contributed by atoms with Gasteiger partial charge < -0.3 is 14.5 Å². The Labute approximate surface area is 126 Å². The number of halogens is 1. The minimum absolute atomic E-state index is 0.181. The molecule has 4 nitrogen and oxygen atoms in total. The zero-order valence-corrected chi connectivity index (χ0v) is 12.1. The molecule has 0 fully saturated rings. The summed E-state index contributed by atoms with van der Waals surface area (Å²) in [6, 6.07) is 9.18. The van der Waals surface area contributed by atoms with Crippen LogP contribution in [0.25, 0.3) is 22.0 Å². The van der Waals surface area contributed by atoms with Crippen molar-refractivity contribution >= 4 is 10.9 Å². The van der Waals surface area contributed by atoms with Crippen LogP contribution in [0.2, 0.25) is 0 Å². The molecule has 0 saturated heterocycles. The summed E-state index contributed by atoms with van der Waals surface area (Å²) < 4.78 is 23.5. The van der Waals surface area contributed by atoms with Crippen molar-refractivity contribution in [3.63, 3.8) is 0 Å². The summed E-state index contributed by atoms with van der Waals surface area (Å²) in [5.41, 5.74) is 1.53. The predicted octanol–water partition coefficient (Wildman–Crippen LogP) is 3.35. The van der Waals surface area contributed by atoms with Gasteiger partial charge in [-0.1, -0.05) is 12.1 Å². The van der Waals surface area contributed by atoms with Crippen LogP contribution in [0.15, 0.2) is 47.4 Å². The number of rotatable bonds is 3. The molecule has 3 rings (SSSR count). The predicted molar refractivity (Wildman–Crippen MR) is 83.1 cm³/mol. The molecule has 0 radical (unpaired) electrons. The molecule has 1 aromatic heterocycles. The van der Waals surface area contributed by atoms with Crippen molar-refractivity contribution in [2.45, 2.75) is 0 Å². The van der Waals surface area contributed by atoms with Crippen molar-refractivity contribution in [1.82, 2.24) is 4.98 Å². The lowest BCUT2D eigenvalue weighted by molar-refractivity contribution is 0.397. The zero-order valence-electron chi connectivity index (χ0n) is 12.1. The minimum atomic E-state index is -0.344. The first-order chi connectivity index (χ1) is 10.6. The summed E-state index contributed by atoms with van der Waals surface area (Å²) in [6.07, 6.45) is 1.61. The van der Waals surface area contributed by atoms with Gasteiger partial charge in [0, 0.05) is 23.9 Å². The van der Waals surface area contributed by atoms with E-state index in [1.165, 1.54) is 19.2 Å². The molecular weight excluding hydrogens is 285 g/mol. The largest absolute Gasteiger partial charge is 0.497 e. The molecule has 0 atom stereocenters. The molecule has 0 aliphatic rings. The number of hydrogen-bond acceptors (Lipinski definition) is 3. The van der Waals surface area contributed by atoms with E-state index in [0.717, 1.165) is 0 Å². The van der Waals surface area contributed by atoms with Crippen LogP contribution in [0.5, 0.6) is 11.5 Å². The smallest absolute Gasteiger partial charge is 0.200 e. The van der Waals surface area contributed by atoms with E-state index < -0.39 is 0 Å². The van der Waals surface area contributed by atoms with E-state index in [1.807, 2.05) is 0 Å². The second kappa shape index (κ2) is 5.52. The van der Waals surface area contributed by atoms with Crippen LogP contribution < -0.4 is 14.9 Å². The highest BCUT2D eigenvalue weighted by molar-refractivity contribution is 5.89. The maximum Gasteiger partial charge on any atom is 0.200 e. The number of benzene rings is 2.